The highest BCUT2D eigenvalue weighted by atomic mass is 15.3. The summed E-state index contributed by atoms with van der Waals surface area (Å²) in [4.78, 5) is 18.8. The molecule has 0 saturated heterocycles. The second-order valence-corrected chi connectivity index (χ2v) is 17.7. The van der Waals surface area contributed by atoms with Crippen molar-refractivity contribution < 1.29 is 0 Å². The monoisotopic (exact) mass is 748 g/mol. The number of fused-ring (bicyclic) bond motifs is 9. The van der Waals surface area contributed by atoms with Crippen LogP contribution in [0.3, 0.4) is 0 Å². The fourth-order valence-electron chi connectivity index (χ4n) is 10.6. The molecule has 0 amide bonds. The molecule has 280 valence electrons. The predicted molar refractivity (Wildman–Crippen MR) is 238 cm³/mol. The molecule has 58 heavy (non-hydrogen) atoms. The number of benzene rings is 7. The van der Waals surface area contributed by atoms with Gasteiger partial charge in [0.05, 0.1) is 5.69 Å². The molecular formula is C54H44N4. The number of anilines is 3. The van der Waals surface area contributed by atoms with E-state index in [-0.39, 0.29) is 16.2 Å². The SMILES string of the molecule is CC1(C)c2ccccc2-c2cc(-c3nc(-c4cccc5c4C(C)(C)c4ccccc4-5)nc(N(c4ccccc4)c4cccc5c4C(C)(C)c4ccccc4-5)n3)ccc21. The Morgan fingerprint density at radius 3 is 1.52 bits per heavy atom. The first kappa shape index (κ1) is 34.6. The highest BCUT2D eigenvalue weighted by Gasteiger charge is 2.41. The number of rotatable bonds is 5. The van der Waals surface area contributed by atoms with Gasteiger partial charge >= 0.3 is 0 Å². The van der Waals surface area contributed by atoms with E-state index in [0.717, 1.165) is 22.5 Å². The molecule has 0 atom stereocenters. The van der Waals surface area contributed by atoms with Gasteiger partial charge in [-0.25, -0.2) is 4.98 Å². The van der Waals surface area contributed by atoms with Gasteiger partial charge in [-0.1, -0.05) is 175 Å². The van der Waals surface area contributed by atoms with E-state index in [1.807, 2.05) is 0 Å². The minimum Gasteiger partial charge on any atom is -0.279 e. The Kier molecular flexibility index (Phi) is 7.26. The van der Waals surface area contributed by atoms with Crippen LogP contribution in [0.5, 0.6) is 0 Å². The number of hydrogen-bond acceptors (Lipinski definition) is 4. The van der Waals surface area contributed by atoms with Crippen LogP contribution >= 0.6 is 0 Å². The third-order valence-corrected chi connectivity index (χ3v) is 13.3. The van der Waals surface area contributed by atoms with Crippen molar-refractivity contribution in [2.45, 2.75) is 57.8 Å². The summed E-state index contributed by atoms with van der Waals surface area (Å²) >= 11 is 0. The molecule has 8 aromatic rings. The summed E-state index contributed by atoms with van der Waals surface area (Å²) in [6.07, 6.45) is 0. The highest BCUT2D eigenvalue weighted by molar-refractivity contribution is 5.91. The number of nitrogens with zero attached hydrogens (tertiary/aromatic N) is 4. The maximum atomic E-state index is 5.55. The van der Waals surface area contributed by atoms with Crippen LogP contribution in [-0.2, 0) is 16.2 Å². The Balaban J connectivity index is 1.19. The molecule has 1 aromatic heterocycles. The standard InChI is InChI=1S/C54H44N4/c1-52(2)42-26-13-12-22-37(42)41-32-33(30-31-45(41)52)49-55-50(40-25-16-23-38-35-20-10-14-27-43(35)53(3,4)47(38)40)57-51(56-49)58(34-18-8-7-9-19-34)46-29-17-24-39-36-21-11-15-28-44(36)54(5,6)48(39)46/h7-32H,1-6H3. The van der Waals surface area contributed by atoms with Crippen LogP contribution in [0.15, 0.2) is 158 Å². The number of aromatic nitrogens is 3. The molecule has 1 heterocycles. The van der Waals surface area contributed by atoms with Crippen molar-refractivity contribution in [1.29, 1.82) is 0 Å². The molecule has 3 aliphatic rings. The van der Waals surface area contributed by atoms with E-state index in [9.17, 15) is 0 Å². The molecule has 0 saturated carbocycles. The first-order valence-corrected chi connectivity index (χ1v) is 20.4. The fourth-order valence-corrected chi connectivity index (χ4v) is 10.6. The zero-order chi connectivity index (χ0) is 39.6. The second-order valence-electron chi connectivity index (χ2n) is 17.7. The molecule has 4 nitrogen and oxygen atoms in total. The summed E-state index contributed by atoms with van der Waals surface area (Å²) in [7, 11) is 0. The van der Waals surface area contributed by atoms with E-state index in [2.05, 4.69) is 204 Å². The van der Waals surface area contributed by atoms with E-state index in [0.29, 0.717) is 17.6 Å². The maximum Gasteiger partial charge on any atom is 0.238 e. The van der Waals surface area contributed by atoms with Crippen LogP contribution in [0.1, 0.15) is 74.9 Å². The average Bonchev–Trinajstić information content (AvgIpc) is 3.74. The Morgan fingerprint density at radius 1 is 0.362 bits per heavy atom. The van der Waals surface area contributed by atoms with Crippen LogP contribution in [-0.4, -0.2) is 15.0 Å². The van der Waals surface area contributed by atoms with E-state index in [1.165, 1.54) is 66.8 Å². The Labute approximate surface area is 341 Å². The molecule has 0 spiro atoms. The van der Waals surface area contributed by atoms with Crippen molar-refractivity contribution in [2.24, 2.45) is 0 Å². The van der Waals surface area contributed by atoms with Gasteiger partial charge in [0.15, 0.2) is 11.6 Å². The topological polar surface area (TPSA) is 41.9 Å². The zero-order valence-corrected chi connectivity index (χ0v) is 33.8. The lowest BCUT2D eigenvalue weighted by Gasteiger charge is -2.31. The molecule has 3 aliphatic carbocycles. The van der Waals surface area contributed by atoms with Crippen molar-refractivity contribution in [3.8, 4) is 56.2 Å². The lowest BCUT2D eigenvalue weighted by Crippen LogP contribution is -2.22. The lowest BCUT2D eigenvalue weighted by molar-refractivity contribution is 0.660. The van der Waals surface area contributed by atoms with Crippen LogP contribution in [0, 0.1) is 0 Å². The minimum absolute atomic E-state index is 0.104. The Bertz CT molecular complexity index is 2990. The predicted octanol–water partition coefficient (Wildman–Crippen LogP) is 13.6. The average molecular weight is 749 g/mol. The minimum atomic E-state index is -0.259. The summed E-state index contributed by atoms with van der Waals surface area (Å²) in [5, 5.41) is 0. The van der Waals surface area contributed by atoms with Crippen molar-refractivity contribution >= 4 is 17.3 Å². The molecule has 0 fully saturated rings. The summed E-state index contributed by atoms with van der Waals surface area (Å²) in [5.74, 6) is 1.89. The molecule has 0 unspecified atom stereocenters. The molecule has 11 rings (SSSR count). The van der Waals surface area contributed by atoms with Gasteiger partial charge < -0.3 is 0 Å². The quantitative estimate of drug-likeness (QED) is 0.176. The van der Waals surface area contributed by atoms with Gasteiger partial charge in [0.2, 0.25) is 5.95 Å². The largest absolute Gasteiger partial charge is 0.279 e. The van der Waals surface area contributed by atoms with E-state index in [1.54, 1.807) is 0 Å². The summed E-state index contributed by atoms with van der Waals surface area (Å²) < 4.78 is 0. The molecule has 0 bridgehead atoms. The van der Waals surface area contributed by atoms with Crippen molar-refractivity contribution in [1.82, 2.24) is 15.0 Å². The highest BCUT2D eigenvalue weighted by Crippen LogP contribution is 2.55. The van der Waals surface area contributed by atoms with Crippen LogP contribution in [0.4, 0.5) is 17.3 Å². The van der Waals surface area contributed by atoms with Crippen LogP contribution in [0.25, 0.3) is 56.2 Å². The van der Waals surface area contributed by atoms with E-state index < -0.39 is 0 Å². The third-order valence-electron chi connectivity index (χ3n) is 13.3. The molecule has 0 aliphatic heterocycles. The van der Waals surface area contributed by atoms with E-state index in [4.69, 9.17) is 15.0 Å². The molecule has 0 radical (unpaired) electrons. The summed E-state index contributed by atoms with van der Waals surface area (Å²) in [6.45, 7) is 14.0. The van der Waals surface area contributed by atoms with Gasteiger partial charge in [-0.2, -0.15) is 9.97 Å². The van der Waals surface area contributed by atoms with Gasteiger partial charge in [0, 0.05) is 33.1 Å². The van der Waals surface area contributed by atoms with Crippen molar-refractivity contribution in [3.05, 3.63) is 191 Å². The first-order chi connectivity index (χ1) is 28.0. The van der Waals surface area contributed by atoms with Gasteiger partial charge in [-0.3, -0.25) is 4.90 Å². The van der Waals surface area contributed by atoms with Crippen molar-refractivity contribution in [2.75, 3.05) is 4.90 Å². The van der Waals surface area contributed by atoms with Crippen molar-refractivity contribution in [3.63, 3.8) is 0 Å². The molecule has 0 N–H and O–H groups in total. The zero-order valence-electron chi connectivity index (χ0n) is 33.8. The lowest BCUT2D eigenvalue weighted by atomic mass is 9.80. The van der Waals surface area contributed by atoms with E-state index >= 15 is 0 Å². The number of para-hydroxylation sites is 1. The second kappa shape index (κ2) is 12.2. The third kappa shape index (κ3) is 4.78. The van der Waals surface area contributed by atoms with Gasteiger partial charge in [-0.15, -0.1) is 0 Å². The summed E-state index contributed by atoms with van der Waals surface area (Å²) in [6, 6.07) is 57.0. The Morgan fingerprint density at radius 2 is 0.845 bits per heavy atom. The van der Waals surface area contributed by atoms with Crippen LogP contribution < -0.4 is 4.90 Å². The number of hydrogen-bond donors (Lipinski definition) is 0. The van der Waals surface area contributed by atoms with Gasteiger partial charge in [-0.05, 0) is 91.0 Å². The Hall–Kier alpha value is -6.65. The van der Waals surface area contributed by atoms with Gasteiger partial charge in [0.25, 0.3) is 0 Å². The molecular weight excluding hydrogens is 705 g/mol. The normalized spacial score (nSPS) is 15.5. The summed E-state index contributed by atoms with van der Waals surface area (Å²) in [5.41, 5.74) is 18.8. The van der Waals surface area contributed by atoms with Gasteiger partial charge in [0.1, 0.15) is 0 Å². The smallest absolute Gasteiger partial charge is 0.238 e. The maximum absolute atomic E-state index is 5.55. The molecule has 7 aromatic carbocycles. The first-order valence-electron chi connectivity index (χ1n) is 20.4. The molecule has 4 heteroatoms. The van der Waals surface area contributed by atoms with Crippen LogP contribution in [0.2, 0.25) is 0 Å². The fraction of sp³-hybridized carbons (Fsp3) is 0.167.